The van der Waals surface area contributed by atoms with Gasteiger partial charge in [0.15, 0.2) is 11.5 Å². The van der Waals surface area contributed by atoms with Crippen LogP contribution in [-0.2, 0) is 6.54 Å². The van der Waals surface area contributed by atoms with Gasteiger partial charge in [-0.15, -0.1) is 0 Å². The normalized spacial score (nSPS) is 14.9. The Morgan fingerprint density at radius 1 is 0.868 bits per heavy atom. The predicted molar refractivity (Wildman–Crippen MR) is 148 cm³/mol. The van der Waals surface area contributed by atoms with Gasteiger partial charge in [0, 0.05) is 24.8 Å². The molecule has 8 nitrogen and oxygen atoms in total. The fourth-order valence-corrected chi connectivity index (χ4v) is 4.57. The lowest BCUT2D eigenvalue weighted by Gasteiger charge is -2.12. The van der Waals surface area contributed by atoms with Gasteiger partial charge in [-0.25, -0.2) is 9.67 Å². The minimum Gasteiger partial charge on any atom is -0.497 e. The lowest BCUT2D eigenvalue weighted by Crippen LogP contribution is -2.22. The molecule has 0 spiro atoms. The van der Waals surface area contributed by atoms with Crippen molar-refractivity contribution in [2.24, 2.45) is 0 Å². The minimum absolute atomic E-state index is 0.296. The van der Waals surface area contributed by atoms with Gasteiger partial charge >= 0.3 is 0 Å². The molecule has 38 heavy (non-hydrogen) atoms. The maximum atomic E-state index is 6.37. The fourth-order valence-electron chi connectivity index (χ4n) is 4.57. The van der Waals surface area contributed by atoms with Crippen molar-refractivity contribution in [2.75, 3.05) is 25.5 Å². The first-order chi connectivity index (χ1) is 18.7. The molecule has 0 bridgehead atoms. The van der Waals surface area contributed by atoms with Gasteiger partial charge in [-0.05, 0) is 67.1 Å². The van der Waals surface area contributed by atoms with Crippen molar-refractivity contribution < 1.29 is 14.2 Å². The number of methoxy groups -OCH3 is 1. The Labute approximate surface area is 221 Å². The maximum absolute atomic E-state index is 6.37. The second kappa shape index (κ2) is 10.8. The van der Waals surface area contributed by atoms with Gasteiger partial charge in [0.05, 0.1) is 13.7 Å². The molecule has 8 heteroatoms. The summed E-state index contributed by atoms with van der Waals surface area (Å²) in [5.41, 5.74) is 1.86. The molecular formula is C30H29N5O3. The SMILES string of the molecule is COc1ccc(Cn2nc(NC3CCNC3)c3c(Oc4ccc(Oc5ccccc5)cc4)ccnc32)cc1. The number of hydrogen-bond donors (Lipinski definition) is 2. The van der Waals surface area contributed by atoms with Gasteiger partial charge in [-0.2, -0.15) is 5.10 Å². The summed E-state index contributed by atoms with van der Waals surface area (Å²) in [6, 6.07) is 27.5. The summed E-state index contributed by atoms with van der Waals surface area (Å²) in [5.74, 6) is 4.53. The standard InChI is InChI=1S/C30H29N5O3/c1-36-23-9-7-21(8-10-23)20-35-30-28(29(34-35)33-22-15-17-31-19-22)27(16-18-32-30)38-26-13-11-25(12-14-26)37-24-5-3-2-4-6-24/h2-14,16,18,22,31H,15,17,19-20H2,1H3,(H,33,34). The van der Waals surface area contributed by atoms with Crippen molar-refractivity contribution in [3.63, 3.8) is 0 Å². The van der Waals surface area contributed by atoms with Crippen LogP contribution in [0.2, 0.25) is 0 Å². The number of para-hydroxylation sites is 1. The second-order valence-corrected chi connectivity index (χ2v) is 9.18. The van der Waals surface area contributed by atoms with Crippen molar-refractivity contribution in [3.05, 3.63) is 96.7 Å². The van der Waals surface area contributed by atoms with Gasteiger partial charge in [0.2, 0.25) is 0 Å². The van der Waals surface area contributed by atoms with Crippen LogP contribution in [-0.4, -0.2) is 41.0 Å². The Bertz CT molecular complexity index is 1500. The summed E-state index contributed by atoms with van der Waals surface area (Å²) in [5, 5.41) is 12.8. The summed E-state index contributed by atoms with van der Waals surface area (Å²) in [7, 11) is 1.67. The third kappa shape index (κ3) is 5.26. The molecule has 1 saturated heterocycles. The van der Waals surface area contributed by atoms with Crippen molar-refractivity contribution in [3.8, 4) is 28.7 Å². The van der Waals surface area contributed by atoms with Crippen LogP contribution < -0.4 is 24.8 Å². The largest absolute Gasteiger partial charge is 0.497 e. The molecule has 192 valence electrons. The highest BCUT2D eigenvalue weighted by molar-refractivity contribution is 5.93. The number of nitrogens with zero attached hydrogens (tertiary/aromatic N) is 3. The maximum Gasteiger partial charge on any atom is 0.164 e. The number of nitrogens with one attached hydrogen (secondary N) is 2. The van der Waals surface area contributed by atoms with Gasteiger partial charge in [0.1, 0.15) is 34.1 Å². The Hall–Kier alpha value is -4.56. The predicted octanol–water partition coefficient (Wildman–Crippen LogP) is 5.85. The van der Waals surface area contributed by atoms with Crippen LogP contribution in [0.1, 0.15) is 12.0 Å². The number of benzene rings is 3. The number of pyridine rings is 1. The van der Waals surface area contributed by atoms with Gasteiger partial charge in [-0.3, -0.25) is 0 Å². The molecule has 2 aromatic heterocycles. The highest BCUT2D eigenvalue weighted by atomic mass is 16.5. The molecule has 0 amide bonds. The Balaban J connectivity index is 1.30. The fraction of sp³-hybridized carbons (Fsp3) is 0.200. The lowest BCUT2D eigenvalue weighted by atomic mass is 10.2. The van der Waals surface area contributed by atoms with Crippen LogP contribution in [0, 0.1) is 0 Å². The van der Waals surface area contributed by atoms with E-state index >= 15 is 0 Å². The van der Waals surface area contributed by atoms with E-state index in [1.807, 2.05) is 89.6 Å². The van der Waals surface area contributed by atoms with Gasteiger partial charge in [0.25, 0.3) is 0 Å². The molecule has 0 saturated carbocycles. The minimum atomic E-state index is 0.296. The molecule has 6 rings (SSSR count). The zero-order valence-electron chi connectivity index (χ0n) is 21.1. The first-order valence-electron chi connectivity index (χ1n) is 12.7. The molecule has 5 aromatic rings. The number of fused-ring (bicyclic) bond motifs is 1. The average molecular weight is 508 g/mol. The Morgan fingerprint density at radius 2 is 1.58 bits per heavy atom. The van der Waals surface area contributed by atoms with Crippen LogP contribution in [0.3, 0.4) is 0 Å². The molecule has 2 N–H and O–H groups in total. The zero-order chi connectivity index (χ0) is 25.7. The van der Waals surface area contributed by atoms with E-state index in [4.69, 9.17) is 19.3 Å². The molecule has 0 aliphatic carbocycles. The molecule has 0 radical (unpaired) electrons. The molecule has 1 aliphatic rings. The van der Waals surface area contributed by atoms with Crippen LogP contribution in [0.25, 0.3) is 11.0 Å². The van der Waals surface area contributed by atoms with E-state index in [2.05, 4.69) is 15.6 Å². The van der Waals surface area contributed by atoms with E-state index in [0.717, 1.165) is 59.2 Å². The Kier molecular flexibility index (Phi) is 6.78. The number of hydrogen-bond acceptors (Lipinski definition) is 7. The average Bonchev–Trinajstić information content (AvgIpc) is 3.60. The second-order valence-electron chi connectivity index (χ2n) is 9.18. The first-order valence-corrected chi connectivity index (χ1v) is 12.7. The topological polar surface area (TPSA) is 82.5 Å². The van der Waals surface area contributed by atoms with E-state index in [9.17, 15) is 0 Å². The summed E-state index contributed by atoms with van der Waals surface area (Å²) in [6.07, 6.45) is 2.80. The lowest BCUT2D eigenvalue weighted by molar-refractivity contribution is 0.414. The van der Waals surface area contributed by atoms with Gasteiger partial charge < -0.3 is 24.8 Å². The van der Waals surface area contributed by atoms with Crippen molar-refractivity contribution in [2.45, 2.75) is 19.0 Å². The summed E-state index contributed by atoms with van der Waals surface area (Å²) < 4.78 is 19.5. The van der Waals surface area contributed by atoms with Crippen LogP contribution in [0.15, 0.2) is 91.1 Å². The highest BCUT2D eigenvalue weighted by Gasteiger charge is 2.22. The molecular weight excluding hydrogens is 478 g/mol. The smallest absolute Gasteiger partial charge is 0.164 e. The monoisotopic (exact) mass is 507 g/mol. The van der Waals surface area contributed by atoms with Crippen LogP contribution in [0.5, 0.6) is 28.7 Å². The number of rotatable bonds is 9. The zero-order valence-corrected chi connectivity index (χ0v) is 21.1. The summed E-state index contributed by atoms with van der Waals surface area (Å²) >= 11 is 0. The van der Waals surface area contributed by atoms with E-state index in [-0.39, 0.29) is 0 Å². The highest BCUT2D eigenvalue weighted by Crippen LogP contribution is 2.35. The van der Waals surface area contributed by atoms with E-state index in [1.165, 1.54) is 0 Å². The number of ether oxygens (including phenoxy) is 3. The molecule has 1 fully saturated rings. The van der Waals surface area contributed by atoms with Crippen LogP contribution >= 0.6 is 0 Å². The van der Waals surface area contributed by atoms with Crippen LogP contribution in [0.4, 0.5) is 5.82 Å². The quantitative estimate of drug-likeness (QED) is 0.259. The molecule has 1 unspecified atom stereocenters. The van der Waals surface area contributed by atoms with Crippen molar-refractivity contribution >= 4 is 16.9 Å². The molecule has 3 heterocycles. The number of aromatic nitrogens is 3. The molecule has 1 aliphatic heterocycles. The summed E-state index contributed by atoms with van der Waals surface area (Å²) in [4.78, 5) is 4.69. The first kappa shape index (κ1) is 23.8. The van der Waals surface area contributed by atoms with E-state index in [0.29, 0.717) is 24.1 Å². The van der Waals surface area contributed by atoms with Crippen molar-refractivity contribution in [1.29, 1.82) is 0 Å². The summed E-state index contributed by atoms with van der Waals surface area (Å²) in [6.45, 7) is 2.46. The molecule has 1 atom stereocenters. The van der Waals surface area contributed by atoms with E-state index in [1.54, 1.807) is 13.3 Å². The van der Waals surface area contributed by atoms with Crippen molar-refractivity contribution in [1.82, 2.24) is 20.1 Å². The number of anilines is 1. The molecule has 3 aromatic carbocycles. The third-order valence-electron chi connectivity index (χ3n) is 6.52. The Morgan fingerprint density at radius 3 is 2.29 bits per heavy atom. The van der Waals surface area contributed by atoms with E-state index < -0.39 is 0 Å². The third-order valence-corrected chi connectivity index (χ3v) is 6.52. The van der Waals surface area contributed by atoms with Gasteiger partial charge in [-0.1, -0.05) is 30.3 Å².